The van der Waals surface area contributed by atoms with Gasteiger partial charge in [-0.15, -0.1) is 0 Å². The molecule has 0 spiro atoms. The molecule has 3 aromatic rings. The summed E-state index contributed by atoms with van der Waals surface area (Å²) in [4.78, 5) is 27.5. The zero-order valence-electron chi connectivity index (χ0n) is 14.5. The first-order valence-electron chi connectivity index (χ1n) is 8.33. The van der Waals surface area contributed by atoms with E-state index >= 15 is 0 Å². The normalized spacial score (nSPS) is 12.7. The molecule has 6 nitrogen and oxygen atoms in total. The summed E-state index contributed by atoms with van der Waals surface area (Å²) in [6.07, 6.45) is 3.38. The summed E-state index contributed by atoms with van der Waals surface area (Å²) >= 11 is 6.02. The lowest BCUT2D eigenvalue weighted by Crippen LogP contribution is -2.23. The van der Waals surface area contributed by atoms with E-state index in [1.165, 1.54) is 4.57 Å². The molecule has 0 radical (unpaired) electrons. The highest BCUT2D eigenvalue weighted by Gasteiger charge is 2.19. The van der Waals surface area contributed by atoms with Crippen LogP contribution in [0.4, 0.5) is 5.69 Å². The molecule has 2 N–H and O–H groups in total. The average molecular weight is 382 g/mol. The Morgan fingerprint density at radius 1 is 1.26 bits per heavy atom. The molecule has 136 valence electrons. The summed E-state index contributed by atoms with van der Waals surface area (Å²) in [7, 11) is 0. The number of imidazole rings is 1. The van der Waals surface area contributed by atoms with Crippen LogP contribution in [-0.2, 0) is 4.79 Å². The Hall–Kier alpha value is -3.25. The molecular weight excluding hydrogens is 366 g/mol. The van der Waals surface area contributed by atoms with Gasteiger partial charge in [0, 0.05) is 22.5 Å². The summed E-state index contributed by atoms with van der Waals surface area (Å²) in [6, 6.07) is 12.4. The number of amides is 1. The first kappa shape index (κ1) is 17.2. The largest absolute Gasteiger partial charge is 0.488 e. The summed E-state index contributed by atoms with van der Waals surface area (Å²) in [6.45, 7) is 1.97. The Bertz CT molecular complexity index is 1130. The summed E-state index contributed by atoms with van der Waals surface area (Å²) in [5.41, 5.74) is 2.83. The number of ether oxygens (including phenoxy) is 1. The Kier molecular flexibility index (Phi) is 4.33. The van der Waals surface area contributed by atoms with E-state index in [1.54, 1.807) is 48.7 Å². The fourth-order valence-electron chi connectivity index (χ4n) is 3.01. The van der Waals surface area contributed by atoms with Crippen molar-refractivity contribution >= 4 is 29.3 Å². The number of aryl methyl sites for hydroxylation is 1. The average Bonchev–Trinajstić information content (AvgIpc) is 3.00. The minimum Gasteiger partial charge on any atom is -0.488 e. The molecule has 0 unspecified atom stereocenters. The van der Waals surface area contributed by atoms with E-state index < -0.39 is 0 Å². The van der Waals surface area contributed by atoms with Crippen LogP contribution in [0, 0.1) is 6.92 Å². The number of benzene rings is 2. The molecule has 27 heavy (non-hydrogen) atoms. The van der Waals surface area contributed by atoms with E-state index in [-0.39, 0.29) is 18.2 Å². The number of carbonyl (C=O) groups is 1. The van der Waals surface area contributed by atoms with Crippen molar-refractivity contribution in [3.05, 3.63) is 81.0 Å². The number of rotatable bonds is 3. The minimum atomic E-state index is -0.297. The number of aromatic amines is 1. The van der Waals surface area contributed by atoms with E-state index in [4.69, 9.17) is 16.3 Å². The molecule has 2 heterocycles. The molecule has 0 saturated carbocycles. The minimum absolute atomic E-state index is 0.158. The smallest absolute Gasteiger partial charge is 0.330 e. The highest BCUT2D eigenvalue weighted by Crippen LogP contribution is 2.29. The summed E-state index contributed by atoms with van der Waals surface area (Å²) < 4.78 is 7.15. The van der Waals surface area contributed by atoms with Gasteiger partial charge < -0.3 is 15.0 Å². The van der Waals surface area contributed by atoms with Crippen molar-refractivity contribution in [1.29, 1.82) is 0 Å². The van der Waals surface area contributed by atoms with Crippen LogP contribution in [0.3, 0.4) is 0 Å². The van der Waals surface area contributed by atoms with Crippen LogP contribution in [-0.4, -0.2) is 22.1 Å². The molecule has 0 aliphatic carbocycles. The number of anilines is 1. The third-order valence-corrected chi connectivity index (χ3v) is 4.56. The first-order valence-corrected chi connectivity index (χ1v) is 8.71. The molecule has 1 aliphatic heterocycles. The monoisotopic (exact) mass is 381 g/mol. The zero-order valence-corrected chi connectivity index (χ0v) is 15.2. The highest BCUT2D eigenvalue weighted by atomic mass is 35.5. The van der Waals surface area contributed by atoms with Gasteiger partial charge in [-0.2, -0.15) is 0 Å². The molecular formula is C20H16ClN3O3. The van der Waals surface area contributed by atoms with Crippen molar-refractivity contribution in [2.45, 2.75) is 6.92 Å². The third kappa shape index (κ3) is 3.27. The second kappa shape index (κ2) is 6.81. The quantitative estimate of drug-likeness (QED) is 0.728. The second-order valence-electron chi connectivity index (χ2n) is 6.18. The van der Waals surface area contributed by atoms with Crippen LogP contribution >= 0.6 is 11.6 Å². The summed E-state index contributed by atoms with van der Waals surface area (Å²) in [5.74, 6) is 0.389. The lowest BCUT2D eigenvalue weighted by molar-refractivity contribution is -0.113. The summed E-state index contributed by atoms with van der Waals surface area (Å²) in [5, 5.41) is 3.45. The number of fused-ring (bicyclic) bond motifs is 1. The Balaban J connectivity index is 1.66. The lowest BCUT2D eigenvalue weighted by Gasteiger charge is -2.19. The van der Waals surface area contributed by atoms with Crippen LogP contribution in [0.5, 0.6) is 5.75 Å². The lowest BCUT2D eigenvalue weighted by atomic mass is 10.1. The van der Waals surface area contributed by atoms with Gasteiger partial charge in [-0.05, 0) is 43.3 Å². The van der Waals surface area contributed by atoms with E-state index in [0.717, 1.165) is 11.3 Å². The fraction of sp³-hybridized carbons (Fsp3) is 0.100. The van der Waals surface area contributed by atoms with Crippen molar-refractivity contribution in [1.82, 2.24) is 9.55 Å². The topological polar surface area (TPSA) is 76.1 Å². The zero-order chi connectivity index (χ0) is 19.0. The number of nitrogens with zero attached hydrogens (tertiary/aromatic N) is 1. The number of carbonyl (C=O) groups excluding carboxylic acids is 1. The van der Waals surface area contributed by atoms with E-state index in [0.29, 0.717) is 27.7 Å². The van der Waals surface area contributed by atoms with Crippen LogP contribution in [0.1, 0.15) is 11.3 Å². The van der Waals surface area contributed by atoms with Gasteiger partial charge in [0.1, 0.15) is 12.4 Å². The predicted octanol–water partition coefficient (Wildman–Crippen LogP) is 3.54. The molecule has 4 rings (SSSR count). The molecule has 1 aromatic heterocycles. The number of H-pyrrole nitrogens is 1. The number of halogens is 1. The van der Waals surface area contributed by atoms with Crippen molar-refractivity contribution in [2.75, 3.05) is 11.9 Å². The van der Waals surface area contributed by atoms with Gasteiger partial charge in [0.15, 0.2) is 0 Å². The number of nitrogens with one attached hydrogen (secondary N) is 2. The van der Waals surface area contributed by atoms with E-state index in [2.05, 4.69) is 10.3 Å². The van der Waals surface area contributed by atoms with Crippen LogP contribution in [0.15, 0.2) is 59.0 Å². The van der Waals surface area contributed by atoms with Crippen LogP contribution in [0.25, 0.3) is 11.8 Å². The van der Waals surface area contributed by atoms with Crippen LogP contribution in [0.2, 0.25) is 5.02 Å². The van der Waals surface area contributed by atoms with Gasteiger partial charge in [0.05, 0.1) is 16.9 Å². The molecule has 2 aromatic carbocycles. The number of aromatic nitrogens is 2. The molecule has 0 fully saturated rings. The van der Waals surface area contributed by atoms with Gasteiger partial charge >= 0.3 is 5.69 Å². The Morgan fingerprint density at radius 2 is 2.07 bits per heavy atom. The van der Waals surface area contributed by atoms with Gasteiger partial charge in [-0.1, -0.05) is 23.7 Å². The van der Waals surface area contributed by atoms with Gasteiger partial charge in [-0.3, -0.25) is 9.36 Å². The van der Waals surface area contributed by atoms with Crippen LogP contribution < -0.4 is 15.7 Å². The molecule has 0 saturated heterocycles. The molecule has 1 amide bonds. The van der Waals surface area contributed by atoms with Gasteiger partial charge in [0.25, 0.3) is 5.91 Å². The van der Waals surface area contributed by atoms with E-state index in [1.807, 2.05) is 13.0 Å². The first-order chi connectivity index (χ1) is 13.0. The second-order valence-corrected chi connectivity index (χ2v) is 6.62. The third-order valence-electron chi connectivity index (χ3n) is 4.33. The van der Waals surface area contributed by atoms with Crippen molar-refractivity contribution in [2.24, 2.45) is 0 Å². The van der Waals surface area contributed by atoms with Crippen molar-refractivity contribution < 1.29 is 9.53 Å². The van der Waals surface area contributed by atoms with Crippen molar-refractivity contribution in [3.63, 3.8) is 0 Å². The Labute approximate surface area is 160 Å². The Morgan fingerprint density at radius 3 is 2.85 bits per heavy atom. The predicted molar refractivity (Wildman–Crippen MR) is 105 cm³/mol. The van der Waals surface area contributed by atoms with Crippen molar-refractivity contribution in [3.8, 4) is 11.4 Å². The number of para-hydroxylation sites is 2. The molecule has 7 heteroatoms. The molecule has 0 atom stereocenters. The maximum Gasteiger partial charge on any atom is 0.330 e. The maximum absolute atomic E-state index is 12.8. The SMILES string of the molecule is Cc1c[nH]c(=O)n1-c1ccccc1NC(=O)C1=Cc2cc(Cl)ccc2OC1. The molecule has 0 bridgehead atoms. The fourth-order valence-corrected chi connectivity index (χ4v) is 3.19. The standard InChI is InChI=1S/C20H16ClN3O3/c1-12-10-22-20(26)24(12)17-5-3-2-4-16(17)23-19(25)14-8-13-9-15(21)6-7-18(13)27-11-14/h2-10H,11H2,1H3,(H,22,26)(H,23,25). The van der Waals surface area contributed by atoms with Gasteiger partial charge in [0.2, 0.25) is 0 Å². The highest BCUT2D eigenvalue weighted by molar-refractivity contribution is 6.30. The van der Waals surface area contributed by atoms with Gasteiger partial charge in [-0.25, -0.2) is 4.79 Å². The molecule has 1 aliphatic rings. The van der Waals surface area contributed by atoms with E-state index in [9.17, 15) is 9.59 Å². The number of hydrogen-bond donors (Lipinski definition) is 2. The number of hydrogen-bond acceptors (Lipinski definition) is 3. The maximum atomic E-state index is 12.8.